The van der Waals surface area contributed by atoms with Crippen molar-refractivity contribution >= 4 is 23.7 Å². The van der Waals surface area contributed by atoms with Gasteiger partial charge >= 0.3 is 0 Å². The number of nitrogens with zero attached hydrogens (tertiary/aromatic N) is 3. The molecule has 2 amide bonds. The van der Waals surface area contributed by atoms with E-state index in [1.54, 1.807) is 30.3 Å². The second-order valence-electron chi connectivity index (χ2n) is 8.70. The lowest BCUT2D eigenvalue weighted by Gasteiger charge is -2.37. The maximum Gasteiger partial charge on any atom is 0.269 e. The zero-order valence-corrected chi connectivity index (χ0v) is 18.5. The first-order chi connectivity index (χ1) is 16.5. The molecule has 4 atom stereocenters. The zero-order valence-electron chi connectivity index (χ0n) is 18.5. The van der Waals surface area contributed by atoms with Gasteiger partial charge in [-0.1, -0.05) is 12.2 Å². The van der Waals surface area contributed by atoms with Crippen LogP contribution in [0.5, 0.6) is 11.5 Å². The van der Waals surface area contributed by atoms with Crippen LogP contribution >= 0.6 is 0 Å². The van der Waals surface area contributed by atoms with Crippen molar-refractivity contribution in [2.24, 2.45) is 28.8 Å². The molecule has 1 aliphatic heterocycles. The van der Waals surface area contributed by atoms with E-state index in [9.17, 15) is 19.7 Å². The average molecular weight is 461 g/mol. The number of nitro groups is 1. The number of carbonyl (C=O) groups excluding carboxylic acids is 2. The highest BCUT2D eigenvalue weighted by atomic mass is 16.6. The zero-order chi connectivity index (χ0) is 23.8. The first kappa shape index (κ1) is 21.8. The molecule has 2 aromatic carbocycles. The summed E-state index contributed by atoms with van der Waals surface area (Å²) in [5.74, 6) is 0.163. The quantitative estimate of drug-likeness (QED) is 0.204. The summed E-state index contributed by atoms with van der Waals surface area (Å²) in [5, 5.41) is 16.0. The monoisotopic (exact) mass is 461 g/mol. The predicted octanol–water partition coefficient (Wildman–Crippen LogP) is 3.71. The van der Waals surface area contributed by atoms with Crippen LogP contribution in [0.3, 0.4) is 0 Å². The fourth-order valence-corrected chi connectivity index (χ4v) is 5.06. The highest BCUT2D eigenvalue weighted by molar-refractivity contribution is 6.06. The molecule has 0 unspecified atom stereocenters. The van der Waals surface area contributed by atoms with Crippen LogP contribution in [0, 0.1) is 33.8 Å². The Morgan fingerprint density at radius 1 is 1.03 bits per heavy atom. The number of amides is 2. The summed E-state index contributed by atoms with van der Waals surface area (Å²) in [6, 6.07) is 11.3. The van der Waals surface area contributed by atoms with Gasteiger partial charge in [0, 0.05) is 12.1 Å². The number of nitro benzene ring substituents is 1. The predicted molar refractivity (Wildman–Crippen MR) is 122 cm³/mol. The Kier molecular flexibility index (Phi) is 5.61. The fourth-order valence-electron chi connectivity index (χ4n) is 5.06. The molecule has 1 heterocycles. The maximum atomic E-state index is 12.9. The van der Waals surface area contributed by atoms with Crippen LogP contribution in [0.15, 0.2) is 59.7 Å². The second kappa shape index (κ2) is 8.74. The minimum atomic E-state index is -0.452. The van der Waals surface area contributed by atoms with Gasteiger partial charge in [0.05, 0.1) is 30.1 Å². The number of methoxy groups -OCH3 is 1. The summed E-state index contributed by atoms with van der Waals surface area (Å²) in [4.78, 5) is 36.1. The number of imide groups is 1. The fraction of sp³-hybridized carbons (Fsp3) is 0.320. The number of benzene rings is 2. The summed E-state index contributed by atoms with van der Waals surface area (Å²) in [5.41, 5.74) is 1.44. The molecule has 34 heavy (non-hydrogen) atoms. The van der Waals surface area contributed by atoms with E-state index in [1.807, 2.05) is 0 Å². The Morgan fingerprint density at radius 2 is 1.68 bits per heavy atom. The Balaban J connectivity index is 1.27. The van der Waals surface area contributed by atoms with Gasteiger partial charge in [0.15, 0.2) is 11.5 Å². The highest BCUT2D eigenvalue weighted by Crippen LogP contribution is 2.49. The second-order valence-corrected chi connectivity index (χ2v) is 8.70. The molecule has 2 aromatic rings. The van der Waals surface area contributed by atoms with Crippen LogP contribution < -0.4 is 9.47 Å². The normalized spacial score (nSPS) is 25.1. The van der Waals surface area contributed by atoms with Gasteiger partial charge < -0.3 is 9.47 Å². The molecule has 0 radical (unpaired) electrons. The van der Waals surface area contributed by atoms with E-state index >= 15 is 0 Å². The molecular formula is C25H23N3O6. The van der Waals surface area contributed by atoms with E-state index in [0.29, 0.717) is 17.1 Å². The molecule has 3 aliphatic carbocycles. The number of rotatable bonds is 7. The van der Waals surface area contributed by atoms with E-state index in [2.05, 4.69) is 17.3 Å². The number of hydrogen-bond donors (Lipinski definition) is 0. The molecular weight excluding hydrogens is 438 g/mol. The molecule has 1 saturated heterocycles. The van der Waals surface area contributed by atoms with Crippen molar-refractivity contribution < 1.29 is 24.0 Å². The van der Waals surface area contributed by atoms with Gasteiger partial charge in [-0.15, -0.1) is 0 Å². The van der Waals surface area contributed by atoms with Crippen LogP contribution in [0.4, 0.5) is 5.69 Å². The smallest absolute Gasteiger partial charge is 0.269 e. The molecule has 174 valence electrons. The Bertz CT molecular complexity index is 1170. The molecule has 0 aromatic heterocycles. The van der Waals surface area contributed by atoms with Gasteiger partial charge in [0.1, 0.15) is 6.61 Å². The van der Waals surface area contributed by atoms with Crippen LogP contribution in [0.1, 0.15) is 24.0 Å². The number of hydrogen-bond acceptors (Lipinski definition) is 7. The van der Waals surface area contributed by atoms with E-state index < -0.39 is 4.92 Å². The number of hydrazone groups is 1. The van der Waals surface area contributed by atoms with E-state index in [4.69, 9.17) is 9.47 Å². The minimum Gasteiger partial charge on any atom is -0.493 e. The van der Waals surface area contributed by atoms with Gasteiger partial charge in [-0.2, -0.15) is 10.1 Å². The van der Waals surface area contributed by atoms with Gasteiger partial charge in [0.2, 0.25) is 0 Å². The summed E-state index contributed by atoms with van der Waals surface area (Å²) < 4.78 is 11.2. The summed E-state index contributed by atoms with van der Waals surface area (Å²) in [6.45, 7) is 0.206. The number of allylic oxidation sites excluding steroid dienone is 2. The number of fused-ring (bicyclic) bond motifs is 1. The van der Waals surface area contributed by atoms with Crippen molar-refractivity contribution in [2.45, 2.75) is 19.4 Å². The Labute approximate surface area is 195 Å². The number of non-ortho nitro benzene ring substituents is 1. The van der Waals surface area contributed by atoms with Crippen molar-refractivity contribution in [1.29, 1.82) is 0 Å². The molecule has 6 rings (SSSR count). The van der Waals surface area contributed by atoms with E-state index in [0.717, 1.165) is 23.4 Å². The third-order valence-corrected chi connectivity index (χ3v) is 6.79. The first-order valence-electron chi connectivity index (χ1n) is 11.1. The average Bonchev–Trinajstić information content (AvgIpc) is 3.14. The first-order valence-corrected chi connectivity index (χ1v) is 11.1. The van der Waals surface area contributed by atoms with E-state index in [1.165, 1.54) is 25.5 Å². The van der Waals surface area contributed by atoms with E-state index in [-0.39, 0.29) is 47.8 Å². The van der Waals surface area contributed by atoms with Crippen LogP contribution in [-0.2, 0) is 16.2 Å². The molecule has 2 fully saturated rings. The van der Waals surface area contributed by atoms with Crippen LogP contribution in [0.2, 0.25) is 0 Å². The molecule has 2 bridgehead atoms. The number of carbonyl (C=O) groups is 2. The van der Waals surface area contributed by atoms with Crippen LogP contribution in [-0.4, -0.2) is 35.1 Å². The van der Waals surface area contributed by atoms with Crippen molar-refractivity contribution in [3.05, 3.63) is 75.9 Å². The van der Waals surface area contributed by atoms with Crippen molar-refractivity contribution in [3.63, 3.8) is 0 Å². The summed E-state index contributed by atoms with van der Waals surface area (Å²) in [7, 11) is 1.51. The third-order valence-electron chi connectivity index (χ3n) is 6.79. The molecule has 4 aliphatic rings. The third kappa shape index (κ3) is 3.83. The highest BCUT2D eigenvalue weighted by Gasteiger charge is 2.56. The largest absolute Gasteiger partial charge is 0.493 e. The van der Waals surface area contributed by atoms with Crippen molar-refractivity contribution in [2.75, 3.05) is 7.11 Å². The standard InChI is InChI=1S/C25H23N3O6/c1-33-21-12-16(4-11-20(21)34-14-15-2-9-19(10-3-15)28(31)32)13-26-27-24(29)22-17-5-6-18(8-7-17)23(22)25(27)30/h2-6,9-13,17-18,22-23H,7-8,14H2,1H3/b26-13-/t17-,18+,22-,23+. The van der Waals surface area contributed by atoms with Gasteiger partial charge in [-0.05, 0) is 66.1 Å². The topological polar surface area (TPSA) is 111 Å². The lowest BCUT2D eigenvalue weighted by molar-refractivity contribution is -0.384. The molecule has 9 heteroatoms. The molecule has 0 N–H and O–H groups in total. The molecule has 0 spiro atoms. The van der Waals surface area contributed by atoms with Crippen molar-refractivity contribution in [3.8, 4) is 11.5 Å². The van der Waals surface area contributed by atoms with Crippen LogP contribution in [0.25, 0.3) is 0 Å². The van der Waals surface area contributed by atoms with Gasteiger partial charge in [-0.3, -0.25) is 19.7 Å². The Morgan fingerprint density at radius 3 is 2.24 bits per heavy atom. The summed E-state index contributed by atoms with van der Waals surface area (Å²) >= 11 is 0. The molecule has 9 nitrogen and oxygen atoms in total. The lowest BCUT2D eigenvalue weighted by Crippen LogP contribution is -2.38. The lowest BCUT2D eigenvalue weighted by atomic mass is 9.63. The summed E-state index contributed by atoms with van der Waals surface area (Å²) in [6.07, 6.45) is 7.52. The van der Waals surface area contributed by atoms with Crippen molar-refractivity contribution in [1.82, 2.24) is 5.01 Å². The minimum absolute atomic E-state index is 0.0168. The maximum absolute atomic E-state index is 12.9. The molecule has 1 saturated carbocycles. The SMILES string of the molecule is COc1cc(/C=N\N2C(=O)[C@@H]3[C@H](C2=O)[C@@H]2C=C[C@H]3CC2)ccc1OCc1ccc([N+](=O)[O-])cc1. The Hall–Kier alpha value is -4.01. The van der Waals surface area contributed by atoms with Gasteiger partial charge in [-0.25, -0.2) is 0 Å². The number of ether oxygens (including phenoxy) is 2. The van der Waals surface area contributed by atoms with Gasteiger partial charge in [0.25, 0.3) is 17.5 Å².